The van der Waals surface area contributed by atoms with E-state index in [1.807, 2.05) is 6.07 Å². The van der Waals surface area contributed by atoms with E-state index in [4.69, 9.17) is 9.47 Å². The fraction of sp³-hybridized carbons (Fsp3) is 0.300. The SMILES string of the molecule is COc1ccc(C[NH+]2CCc3c([nH]c4ccccc34)C2)cc1OC. The zero-order valence-corrected chi connectivity index (χ0v) is 14.2. The number of methoxy groups -OCH3 is 2. The van der Waals surface area contributed by atoms with Gasteiger partial charge < -0.3 is 19.4 Å². The van der Waals surface area contributed by atoms with Gasteiger partial charge in [0, 0.05) is 22.9 Å². The Morgan fingerprint density at radius 1 is 1.04 bits per heavy atom. The van der Waals surface area contributed by atoms with Crippen molar-refractivity contribution in [2.45, 2.75) is 19.5 Å². The second-order valence-corrected chi connectivity index (χ2v) is 6.42. The Labute approximate surface area is 142 Å². The van der Waals surface area contributed by atoms with Gasteiger partial charge in [-0.3, -0.25) is 0 Å². The van der Waals surface area contributed by atoms with Crippen LogP contribution in [0.4, 0.5) is 0 Å². The van der Waals surface area contributed by atoms with Gasteiger partial charge in [0.1, 0.15) is 13.1 Å². The summed E-state index contributed by atoms with van der Waals surface area (Å²) < 4.78 is 10.7. The van der Waals surface area contributed by atoms with Crippen LogP contribution < -0.4 is 14.4 Å². The summed E-state index contributed by atoms with van der Waals surface area (Å²) in [6.45, 7) is 3.19. The molecule has 1 aromatic heterocycles. The molecule has 0 bridgehead atoms. The largest absolute Gasteiger partial charge is 0.493 e. The van der Waals surface area contributed by atoms with E-state index in [0.29, 0.717) is 0 Å². The first-order chi connectivity index (χ1) is 11.8. The van der Waals surface area contributed by atoms with Gasteiger partial charge in [-0.2, -0.15) is 0 Å². The van der Waals surface area contributed by atoms with Crippen LogP contribution in [0.1, 0.15) is 16.8 Å². The highest BCUT2D eigenvalue weighted by atomic mass is 16.5. The third kappa shape index (κ3) is 2.63. The molecule has 1 unspecified atom stereocenters. The second-order valence-electron chi connectivity index (χ2n) is 6.42. The summed E-state index contributed by atoms with van der Waals surface area (Å²) in [5.41, 5.74) is 5.43. The number of nitrogens with one attached hydrogen (secondary N) is 2. The third-order valence-corrected chi connectivity index (χ3v) is 4.96. The monoisotopic (exact) mass is 323 g/mol. The smallest absolute Gasteiger partial charge is 0.161 e. The maximum Gasteiger partial charge on any atom is 0.161 e. The van der Waals surface area contributed by atoms with E-state index < -0.39 is 0 Å². The summed E-state index contributed by atoms with van der Waals surface area (Å²) in [6.07, 6.45) is 1.13. The van der Waals surface area contributed by atoms with Crippen molar-refractivity contribution in [1.29, 1.82) is 0 Å². The van der Waals surface area contributed by atoms with Crippen molar-refractivity contribution >= 4 is 10.9 Å². The van der Waals surface area contributed by atoms with E-state index >= 15 is 0 Å². The Kier molecular flexibility index (Phi) is 3.90. The van der Waals surface area contributed by atoms with Gasteiger partial charge in [-0.15, -0.1) is 0 Å². The van der Waals surface area contributed by atoms with Crippen LogP contribution in [0.5, 0.6) is 11.5 Å². The number of rotatable bonds is 4. The van der Waals surface area contributed by atoms with Crippen molar-refractivity contribution in [2.75, 3.05) is 20.8 Å². The maximum absolute atomic E-state index is 5.42. The van der Waals surface area contributed by atoms with Gasteiger partial charge >= 0.3 is 0 Å². The minimum Gasteiger partial charge on any atom is -0.493 e. The van der Waals surface area contributed by atoms with Crippen molar-refractivity contribution in [1.82, 2.24) is 4.98 Å². The van der Waals surface area contributed by atoms with Crippen molar-refractivity contribution in [3.63, 3.8) is 0 Å². The molecule has 0 saturated carbocycles. The Morgan fingerprint density at radius 2 is 1.88 bits per heavy atom. The quantitative estimate of drug-likeness (QED) is 0.773. The highest BCUT2D eigenvalue weighted by Gasteiger charge is 2.23. The van der Waals surface area contributed by atoms with Gasteiger partial charge in [-0.25, -0.2) is 0 Å². The number of hydrogen-bond donors (Lipinski definition) is 2. The lowest BCUT2D eigenvalue weighted by atomic mass is 10.0. The molecule has 3 aromatic rings. The second kappa shape index (κ2) is 6.21. The molecule has 0 fully saturated rings. The van der Waals surface area contributed by atoms with Crippen LogP contribution in [0.15, 0.2) is 42.5 Å². The minimum absolute atomic E-state index is 0.785. The summed E-state index contributed by atoms with van der Waals surface area (Å²) >= 11 is 0. The van der Waals surface area contributed by atoms with Crippen LogP contribution in [0, 0.1) is 0 Å². The highest BCUT2D eigenvalue weighted by Crippen LogP contribution is 2.27. The van der Waals surface area contributed by atoms with Crippen molar-refractivity contribution in [2.24, 2.45) is 0 Å². The van der Waals surface area contributed by atoms with E-state index in [2.05, 4.69) is 41.4 Å². The molecule has 0 aliphatic carbocycles. The highest BCUT2D eigenvalue weighted by molar-refractivity contribution is 5.84. The Balaban J connectivity index is 1.55. The van der Waals surface area contributed by atoms with Crippen LogP contribution in [0.25, 0.3) is 10.9 Å². The number of H-pyrrole nitrogens is 1. The Bertz CT molecular complexity index is 869. The fourth-order valence-electron chi connectivity index (χ4n) is 3.76. The van der Waals surface area contributed by atoms with Crippen molar-refractivity contribution in [3.05, 3.63) is 59.3 Å². The molecule has 0 saturated heterocycles. The van der Waals surface area contributed by atoms with Gasteiger partial charge in [0.15, 0.2) is 11.5 Å². The Morgan fingerprint density at radius 3 is 2.71 bits per heavy atom. The van der Waals surface area contributed by atoms with Crippen LogP contribution in [0.3, 0.4) is 0 Å². The number of hydrogen-bond acceptors (Lipinski definition) is 2. The number of benzene rings is 2. The van der Waals surface area contributed by atoms with Crippen LogP contribution in [0.2, 0.25) is 0 Å². The average molecular weight is 323 g/mol. The molecule has 4 heteroatoms. The standard InChI is InChI=1S/C20H22N2O2/c1-23-19-8-7-14(11-20(19)24-2)12-22-10-9-16-15-5-3-4-6-17(15)21-18(16)13-22/h3-8,11,21H,9-10,12-13H2,1-2H3/p+1. The van der Waals surface area contributed by atoms with Crippen LogP contribution in [-0.4, -0.2) is 25.7 Å². The van der Waals surface area contributed by atoms with Gasteiger partial charge in [0.2, 0.25) is 0 Å². The van der Waals surface area contributed by atoms with Gasteiger partial charge in [-0.05, 0) is 29.8 Å². The number of aromatic amines is 1. The van der Waals surface area contributed by atoms with E-state index in [-0.39, 0.29) is 0 Å². The average Bonchev–Trinajstić information content (AvgIpc) is 2.99. The fourth-order valence-corrected chi connectivity index (χ4v) is 3.76. The molecule has 1 atom stereocenters. The molecule has 24 heavy (non-hydrogen) atoms. The predicted octanol–water partition coefficient (Wildman–Crippen LogP) is 2.33. The lowest BCUT2D eigenvalue weighted by Crippen LogP contribution is -3.10. The molecule has 1 aliphatic heterocycles. The van der Waals surface area contributed by atoms with E-state index in [9.17, 15) is 0 Å². The normalized spacial score (nSPS) is 16.8. The molecule has 2 heterocycles. The number of aromatic nitrogens is 1. The first-order valence-corrected chi connectivity index (χ1v) is 8.41. The molecule has 124 valence electrons. The Hall–Kier alpha value is -2.46. The van der Waals surface area contributed by atoms with Gasteiger partial charge in [0.25, 0.3) is 0 Å². The maximum atomic E-state index is 5.42. The summed E-state index contributed by atoms with van der Waals surface area (Å²) in [6, 6.07) is 14.8. The molecule has 2 N–H and O–H groups in total. The molecule has 4 rings (SSSR count). The van der Waals surface area contributed by atoms with Crippen molar-refractivity contribution in [3.8, 4) is 11.5 Å². The molecule has 1 aliphatic rings. The lowest BCUT2D eigenvalue weighted by Gasteiger charge is -2.24. The summed E-state index contributed by atoms with van der Waals surface area (Å²) in [7, 11) is 3.36. The topological polar surface area (TPSA) is 38.7 Å². The molecular formula is C20H23N2O2+. The first kappa shape index (κ1) is 15.1. The van der Waals surface area contributed by atoms with E-state index in [0.717, 1.165) is 37.6 Å². The van der Waals surface area contributed by atoms with Gasteiger partial charge in [0.05, 0.1) is 26.5 Å². The first-order valence-electron chi connectivity index (χ1n) is 8.41. The van der Waals surface area contributed by atoms with E-state index in [1.54, 1.807) is 19.1 Å². The summed E-state index contributed by atoms with van der Waals surface area (Å²) in [5, 5.41) is 1.39. The van der Waals surface area contributed by atoms with Crippen LogP contribution >= 0.6 is 0 Å². The summed E-state index contributed by atoms with van der Waals surface area (Å²) in [4.78, 5) is 5.18. The number of ether oxygens (including phenoxy) is 2. The zero-order chi connectivity index (χ0) is 16.5. The van der Waals surface area contributed by atoms with E-state index in [1.165, 1.54) is 27.7 Å². The van der Waals surface area contributed by atoms with Gasteiger partial charge in [-0.1, -0.05) is 18.2 Å². The minimum atomic E-state index is 0.785. The number of fused-ring (bicyclic) bond motifs is 3. The predicted molar refractivity (Wildman–Crippen MR) is 94.8 cm³/mol. The number of para-hydroxylation sites is 1. The van der Waals surface area contributed by atoms with Crippen molar-refractivity contribution < 1.29 is 14.4 Å². The number of quaternary nitrogens is 1. The molecule has 4 nitrogen and oxygen atoms in total. The van der Waals surface area contributed by atoms with Crippen LogP contribution in [-0.2, 0) is 19.5 Å². The molecule has 0 spiro atoms. The summed E-state index contributed by atoms with van der Waals surface area (Å²) in [5.74, 6) is 1.59. The molecule has 0 radical (unpaired) electrons. The third-order valence-electron chi connectivity index (χ3n) is 4.96. The molecule has 0 amide bonds. The zero-order valence-electron chi connectivity index (χ0n) is 14.2. The lowest BCUT2D eigenvalue weighted by molar-refractivity contribution is -0.929. The molecule has 2 aromatic carbocycles. The molecular weight excluding hydrogens is 300 g/mol.